The van der Waals surface area contributed by atoms with Crippen molar-refractivity contribution in [3.05, 3.63) is 70.8 Å². The molecule has 0 radical (unpaired) electrons. The molecule has 2 heterocycles. The van der Waals surface area contributed by atoms with Gasteiger partial charge in [0, 0.05) is 43.2 Å². The number of carbonyl (C=O) groups is 2. The maximum absolute atomic E-state index is 13.5. The van der Waals surface area contributed by atoms with Crippen LogP contribution in [-0.4, -0.2) is 61.2 Å². The van der Waals surface area contributed by atoms with E-state index in [1.807, 2.05) is 34.9 Å². The summed E-state index contributed by atoms with van der Waals surface area (Å²) in [5.41, 5.74) is 4.00. The highest BCUT2D eigenvalue weighted by atomic mass is 35.5. The van der Waals surface area contributed by atoms with E-state index in [0.29, 0.717) is 17.5 Å². The number of likely N-dealkylation sites (N-methyl/N-ethyl adjacent to an activating group) is 2. The Morgan fingerprint density at radius 3 is 2.28 bits per heavy atom. The molecule has 1 aliphatic carbocycles. The van der Waals surface area contributed by atoms with E-state index in [-0.39, 0.29) is 24.6 Å². The fourth-order valence-electron chi connectivity index (χ4n) is 5.57. The van der Waals surface area contributed by atoms with Gasteiger partial charge in [-0.3, -0.25) is 9.59 Å². The van der Waals surface area contributed by atoms with Crippen LogP contribution in [0.25, 0.3) is 22.2 Å². The average molecular weight is 569 g/mol. The molecule has 39 heavy (non-hydrogen) atoms. The van der Waals surface area contributed by atoms with Crippen molar-refractivity contribution < 1.29 is 18.0 Å². The minimum Gasteiger partial charge on any atom is -0.340 e. The maximum Gasteiger partial charge on any atom is 0.304 e. The number of aromatic nitrogens is 1. The Balaban J connectivity index is 1.76. The SMILES string of the molecule is CN1C/C=C/CN(C)S(=O)(=O)NC(=O)c2ccc3c(C4CCCCC4)c(-c4ccc(Cl)cc4)n(c3c2)CC1=O. The zero-order chi connectivity index (χ0) is 27.7. The highest BCUT2D eigenvalue weighted by Gasteiger charge is 2.29. The van der Waals surface area contributed by atoms with Crippen LogP contribution < -0.4 is 4.72 Å². The van der Waals surface area contributed by atoms with Gasteiger partial charge in [-0.2, -0.15) is 12.7 Å². The number of amides is 2. The molecule has 0 unspecified atom stereocenters. The molecule has 0 atom stereocenters. The Morgan fingerprint density at radius 2 is 1.56 bits per heavy atom. The third kappa shape index (κ3) is 5.62. The summed E-state index contributed by atoms with van der Waals surface area (Å²) >= 11 is 6.23. The van der Waals surface area contributed by atoms with Crippen LogP contribution in [0.2, 0.25) is 5.02 Å². The summed E-state index contributed by atoms with van der Waals surface area (Å²) in [4.78, 5) is 28.3. The Morgan fingerprint density at radius 1 is 0.897 bits per heavy atom. The van der Waals surface area contributed by atoms with Crippen LogP contribution >= 0.6 is 11.6 Å². The van der Waals surface area contributed by atoms with Gasteiger partial charge in [-0.15, -0.1) is 0 Å². The van der Waals surface area contributed by atoms with Crippen molar-refractivity contribution in [2.75, 3.05) is 27.2 Å². The highest BCUT2D eigenvalue weighted by molar-refractivity contribution is 7.87. The first kappa shape index (κ1) is 27.4. The summed E-state index contributed by atoms with van der Waals surface area (Å²) in [6.45, 7) is 0.471. The normalized spacial score (nSPS) is 20.5. The van der Waals surface area contributed by atoms with Crippen LogP contribution in [0.15, 0.2) is 54.6 Å². The molecular formula is C29H33ClN4O4S. The van der Waals surface area contributed by atoms with E-state index in [1.165, 1.54) is 19.0 Å². The monoisotopic (exact) mass is 568 g/mol. The fourth-order valence-corrected chi connectivity index (χ4v) is 6.49. The van der Waals surface area contributed by atoms with E-state index in [2.05, 4.69) is 4.72 Å². The second-order valence-corrected chi connectivity index (χ2v) is 12.6. The number of nitrogens with one attached hydrogen (secondary N) is 1. The van der Waals surface area contributed by atoms with Crippen molar-refractivity contribution >= 4 is 44.5 Å². The number of nitrogens with zero attached hydrogens (tertiary/aromatic N) is 3. The molecule has 2 aliphatic rings. The third-order valence-electron chi connectivity index (χ3n) is 7.76. The van der Waals surface area contributed by atoms with Gasteiger partial charge in [0.05, 0.1) is 11.2 Å². The molecule has 0 saturated heterocycles. The predicted octanol–water partition coefficient (Wildman–Crippen LogP) is 4.94. The summed E-state index contributed by atoms with van der Waals surface area (Å²) in [5.74, 6) is -0.498. The minimum atomic E-state index is -4.05. The van der Waals surface area contributed by atoms with Crippen LogP contribution in [0, 0.1) is 0 Å². The van der Waals surface area contributed by atoms with Gasteiger partial charge in [0.15, 0.2) is 0 Å². The topological polar surface area (TPSA) is 91.7 Å². The van der Waals surface area contributed by atoms with Crippen molar-refractivity contribution in [1.29, 1.82) is 0 Å². The fraction of sp³-hybridized carbons (Fsp3) is 0.379. The smallest absolute Gasteiger partial charge is 0.304 e. The Hall–Kier alpha value is -3.14. The average Bonchev–Trinajstić information content (AvgIpc) is 3.24. The van der Waals surface area contributed by atoms with Gasteiger partial charge in [0.25, 0.3) is 5.91 Å². The molecule has 10 heteroatoms. The summed E-state index contributed by atoms with van der Waals surface area (Å²) in [5, 5.41) is 1.60. The lowest BCUT2D eigenvalue weighted by molar-refractivity contribution is -0.129. The molecule has 3 aromatic rings. The summed E-state index contributed by atoms with van der Waals surface area (Å²) in [6, 6.07) is 12.9. The Labute approximate surface area is 234 Å². The minimum absolute atomic E-state index is 0.0646. The van der Waals surface area contributed by atoms with E-state index in [1.54, 1.807) is 36.2 Å². The maximum atomic E-state index is 13.5. The second kappa shape index (κ2) is 11.2. The molecule has 206 valence electrons. The van der Waals surface area contributed by atoms with E-state index in [0.717, 1.165) is 52.1 Å². The quantitative estimate of drug-likeness (QED) is 0.443. The molecule has 2 aromatic carbocycles. The van der Waals surface area contributed by atoms with Crippen LogP contribution in [0.3, 0.4) is 0 Å². The van der Waals surface area contributed by atoms with Crippen molar-refractivity contribution in [2.24, 2.45) is 0 Å². The lowest BCUT2D eigenvalue weighted by Gasteiger charge is -2.24. The van der Waals surface area contributed by atoms with Gasteiger partial charge < -0.3 is 9.47 Å². The number of fused-ring (bicyclic) bond motifs is 1. The van der Waals surface area contributed by atoms with Crippen molar-refractivity contribution in [3.63, 3.8) is 0 Å². The zero-order valence-corrected chi connectivity index (χ0v) is 23.8. The number of carbonyl (C=O) groups excluding carboxylic acids is 2. The largest absolute Gasteiger partial charge is 0.340 e. The first-order chi connectivity index (χ1) is 18.7. The zero-order valence-electron chi connectivity index (χ0n) is 22.2. The van der Waals surface area contributed by atoms with E-state index in [4.69, 9.17) is 11.6 Å². The molecule has 8 nitrogen and oxygen atoms in total. The summed E-state index contributed by atoms with van der Waals surface area (Å²) < 4.78 is 30.8. The van der Waals surface area contributed by atoms with E-state index >= 15 is 0 Å². The van der Waals surface area contributed by atoms with Crippen LogP contribution in [0.1, 0.15) is 53.9 Å². The van der Waals surface area contributed by atoms with E-state index in [9.17, 15) is 18.0 Å². The van der Waals surface area contributed by atoms with Gasteiger partial charge in [0.1, 0.15) is 6.54 Å². The van der Waals surface area contributed by atoms with E-state index < -0.39 is 16.1 Å². The third-order valence-corrected chi connectivity index (χ3v) is 9.42. The summed E-state index contributed by atoms with van der Waals surface area (Å²) in [6.07, 6.45) is 8.99. The lowest BCUT2D eigenvalue weighted by atomic mass is 9.82. The van der Waals surface area contributed by atoms with Crippen molar-refractivity contribution in [1.82, 2.24) is 18.5 Å². The number of hydrogen-bond donors (Lipinski definition) is 1. The number of halogens is 1. The molecule has 0 spiro atoms. The predicted molar refractivity (Wildman–Crippen MR) is 154 cm³/mol. The molecular weight excluding hydrogens is 536 g/mol. The Bertz CT molecular complexity index is 1540. The second-order valence-electron chi connectivity index (χ2n) is 10.4. The molecule has 5 rings (SSSR count). The molecule has 1 saturated carbocycles. The van der Waals surface area contributed by atoms with Gasteiger partial charge in [-0.1, -0.05) is 61.2 Å². The first-order valence-corrected chi connectivity index (χ1v) is 15.1. The van der Waals surface area contributed by atoms with Gasteiger partial charge >= 0.3 is 10.2 Å². The van der Waals surface area contributed by atoms with Gasteiger partial charge in [-0.05, 0) is 54.2 Å². The molecule has 2 bridgehead atoms. The van der Waals surface area contributed by atoms with Crippen molar-refractivity contribution in [3.8, 4) is 11.3 Å². The molecule has 1 aromatic heterocycles. The van der Waals surface area contributed by atoms with Gasteiger partial charge in [0.2, 0.25) is 5.91 Å². The molecule has 1 aliphatic heterocycles. The van der Waals surface area contributed by atoms with Crippen molar-refractivity contribution in [2.45, 2.75) is 44.6 Å². The summed E-state index contributed by atoms with van der Waals surface area (Å²) in [7, 11) is -0.919. The number of benzene rings is 2. The molecule has 1 N–H and O–H groups in total. The lowest BCUT2D eigenvalue weighted by Crippen LogP contribution is -2.41. The standard InChI is InChI=1S/C29H33ClN4O4S/c1-32-16-6-7-17-33(2)39(37,38)31-29(36)22-12-15-24-25(18-22)34(19-26(32)35)28(21-10-13-23(30)14-11-21)27(24)20-8-4-3-5-9-20/h6-7,10-15,18,20H,3-5,8-9,16-17,19H2,1-2H3,(H,31,36)/b7-6+. The Kier molecular flexibility index (Phi) is 7.84. The highest BCUT2D eigenvalue weighted by Crippen LogP contribution is 2.44. The van der Waals surface area contributed by atoms with Crippen LogP contribution in [0.5, 0.6) is 0 Å². The first-order valence-electron chi connectivity index (χ1n) is 13.2. The molecule has 1 fully saturated rings. The number of hydrogen-bond acceptors (Lipinski definition) is 4. The molecule has 2 amide bonds. The van der Waals surface area contributed by atoms with Gasteiger partial charge in [-0.25, -0.2) is 4.72 Å². The van der Waals surface area contributed by atoms with Crippen LogP contribution in [-0.2, 0) is 21.5 Å². The van der Waals surface area contributed by atoms with Crippen LogP contribution in [0.4, 0.5) is 0 Å². The number of rotatable bonds is 2.